The fourth-order valence-corrected chi connectivity index (χ4v) is 8.13. The normalized spacial score (nSPS) is 14.1. The molecule has 0 bridgehead atoms. The fraction of sp³-hybridized carbons (Fsp3) is 0.317. The summed E-state index contributed by atoms with van der Waals surface area (Å²) in [4.78, 5) is 55.1. The summed E-state index contributed by atoms with van der Waals surface area (Å²) >= 11 is 2.76. The number of nitrogens with one attached hydrogen (secondary N) is 3. The van der Waals surface area contributed by atoms with Gasteiger partial charge < -0.3 is 30.2 Å². The van der Waals surface area contributed by atoms with E-state index in [4.69, 9.17) is 14.2 Å². The van der Waals surface area contributed by atoms with Gasteiger partial charge in [-0.25, -0.2) is 4.79 Å². The zero-order valence-electron chi connectivity index (χ0n) is 30.8. The molecule has 0 aliphatic heterocycles. The van der Waals surface area contributed by atoms with Crippen molar-refractivity contribution < 1.29 is 33.4 Å². The van der Waals surface area contributed by atoms with Crippen molar-refractivity contribution in [2.45, 2.75) is 51.9 Å². The highest BCUT2D eigenvalue weighted by Gasteiger charge is 2.34. The van der Waals surface area contributed by atoms with Crippen LogP contribution in [0.2, 0.25) is 0 Å². The summed E-state index contributed by atoms with van der Waals surface area (Å²) in [5.74, 6) is -0.116. The predicted octanol–water partition coefficient (Wildman–Crippen LogP) is 8.23. The number of rotatable bonds is 13. The third-order valence-electron chi connectivity index (χ3n) is 8.95. The number of thiophene rings is 1. The molecule has 278 valence electrons. The van der Waals surface area contributed by atoms with Gasteiger partial charge >= 0.3 is 5.97 Å². The Balaban J connectivity index is 1.30. The molecule has 0 spiro atoms. The van der Waals surface area contributed by atoms with Crippen LogP contribution in [0, 0.1) is 11.3 Å². The van der Waals surface area contributed by atoms with Gasteiger partial charge in [0, 0.05) is 32.7 Å². The Kier molecular flexibility index (Phi) is 13.0. The molecular formula is C41H45N3O7S2. The van der Waals surface area contributed by atoms with E-state index in [1.54, 1.807) is 80.8 Å². The van der Waals surface area contributed by atoms with E-state index in [1.807, 2.05) is 6.07 Å². The van der Waals surface area contributed by atoms with Crippen LogP contribution in [0.5, 0.6) is 11.5 Å². The minimum Gasteiger partial charge on any atom is -0.497 e. The Hall–Kier alpha value is -5.07. The van der Waals surface area contributed by atoms with Crippen molar-refractivity contribution in [2.75, 3.05) is 37.2 Å². The number of esters is 1. The second-order valence-electron chi connectivity index (χ2n) is 13.5. The smallest absolute Gasteiger partial charge is 0.341 e. The van der Waals surface area contributed by atoms with Gasteiger partial charge in [-0.15, -0.1) is 23.1 Å². The van der Waals surface area contributed by atoms with Crippen LogP contribution in [-0.4, -0.2) is 50.3 Å². The molecule has 1 atom stereocenters. The van der Waals surface area contributed by atoms with Gasteiger partial charge in [0.15, 0.2) is 0 Å². The molecule has 3 amide bonds. The number of carbonyl (C=O) groups is 4. The van der Waals surface area contributed by atoms with Crippen molar-refractivity contribution in [1.29, 1.82) is 0 Å². The Bertz CT molecular complexity index is 2000. The monoisotopic (exact) mass is 755 g/mol. The van der Waals surface area contributed by atoms with E-state index in [9.17, 15) is 19.2 Å². The van der Waals surface area contributed by atoms with E-state index in [-0.39, 0.29) is 29.4 Å². The molecule has 1 aliphatic carbocycles. The number of methoxy groups -OCH3 is 2. The average molecular weight is 756 g/mol. The second kappa shape index (κ2) is 17.6. The van der Waals surface area contributed by atoms with Crippen molar-refractivity contribution in [2.24, 2.45) is 11.3 Å². The molecule has 53 heavy (non-hydrogen) atoms. The lowest BCUT2D eigenvalue weighted by Crippen LogP contribution is -2.30. The van der Waals surface area contributed by atoms with Crippen LogP contribution >= 0.6 is 23.1 Å². The molecule has 10 nitrogen and oxygen atoms in total. The van der Waals surface area contributed by atoms with Gasteiger partial charge in [-0.2, -0.15) is 0 Å². The number of amides is 3. The SMILES string of the molecule is CCOC(=O)c1c(NC(=O)CSc2cccc(NC(=O)/C(=C\c3ccc(OC)cc3OC)NC(=O)c3ccccc3)c2)sc2c1CCC(C(C)(C)C)C2. The van der Waals surface area contributed by atoms with E-state index in [2.05, 4.69) is 36.7 Å². The van der Waals surface area contributed by atoms with Crippen molar-refractivity contribution >= 4 is 63.6 Å². The molecule has 1 unspecified atom stereocenters. The number of benzene rings is 3. The zero-order valence-corrected chi connectivity index (χ0v) is 32.4. The highest BCUT2D eigenvalue weighted by molar-refractivity contribution is 8.00. The van der Waals surface area contributed by atoms with Gasteiger partial charge in [0.25, 0.3) is 11.8 Å². The number of hydrogen-bond donors (Lipinski definition) is 3. The van der Waals surface area contributed by atoms with Crippen LogP contribution < -0.4 is 25.4 Å². The Labute approximate surface area is 318 Å². The molecule has 1 heterocycles. The molecule has 4 aromatic rings. The largest absolute Gasteiger partial charge is 0.497 e. The van der Waals surface area contributed by atoms with Crippen LogP contribution in [0.3, 0.4) is 0 Å². The van der Waals surface area contributed by atoms with Crippen LogP contribution in [0.4, 0.5) is 10.7 Å². The zero-order chi connectivity index (χ0) is 38.1. The highest BCUT2D eigenvalue weighted by Crippen LogP contribution is 2.44. The molecule has 5 rings (SSSR count). The first-order valence-corrected chi connectivity index (χ1v) is 19.2. The average Bonchev–Trinajstić information content (AvgIpc) is 3.51. The van der Waals surface area contributed by atoms with E-state index < -0.39 is 17.8 Å². The summed E-state index contributed by atoms with van der Waals surface area (Å²) in [5.41, 5.74) is 2.98. The predicted molar refractivity (Wildman–Crippen MR) is 211 cm³/mol. The van der Waals surface area contributed by atoms with Gasteiger partial charge in [0.2, 0.25) is 5.91 Å². The molecular weight excluding hydrogens is 711 g/mol. The first-order chi connectivity index (χ1) is 25.4. The maximum Gasteiger partial charge on any atom is 0.341 e. The Morgan fingerprint density at radius 3 is 2.42 bits per heavy atom. The van der Waals surface area contributed by atoms with Crippen molar-refractivity contribution in [3.63, 3.8) is 0 Å². The standard InChI is InChI=1S/C41H45N3O7S2/c1-7-51-40(48)36-31-19-17-27(41(2,3)4)21-34(31)53-39(36)44-35(45)24-52-30-15-11-14-28(22-30)42-38(47)32(43-37(46)25-12-9-8-10-13-25)20-26-16-18-29(49-5)23-33(26)50-6/h8-16,18,20,22-23,27H,7,17,19,21,24H2,1-6H3,(H,42,47)(H,43,46)(H,44,45)/b32-20+. The van der Waals surface area contributed by atoms with Crippen LogP contribution in [0.25, 0.3) is 6.08 Å². The van der Waals surface area contributed by atoms with E-state index >= 15 is 0 Å². The number of anilines is 2. The number of carbonyl (C=O) groups excluding carboxylic acids is 4. The highest BCUT2D eigenvalue weighted by atomic mass is 32.2. The van der Waals surface area contributed by atoms with E-state index in [1.165, 1.54) is 36.3 Å². The first-order valence-electron chi connectivity index (χ1n) is 17.4. The van der Waals surface area contributed by atoms with Gasteiger partial charge in [-0.3, -0.25) is 14.4 Å². The summed E-state index contributed by atoms with van der Waals surface area (Å²) in [5, 5.41) is 9.12. The van der Waals surface area contributed by atoms with E-state index in [0.29, 0.717) is 44.8 Å². The molecule has 1 aliphatic rings. The summed E-state index contributed by atoms with van der Waals surface area (Å²) in [6, 6.07) is 20.8. The molecule has 0 radical (unpaired) electrons. The molecule has 0 saturated heterocycles. The Morgan fingerprint density at radius 2 is 1.72 bits per heavy atom. The third-order valence-corrected chi connectivity index (χ3v) is 11.1. The summed E-state index contributed by atoms with van der Waals surface area (Å²) in [6.07, 6.45) is 4.14. The summed E-state index contributed by atoms with van der Waals surface area (Å²) in [6.45, 7) is 8.73. The van der Waals surface area contributed by atoms with Crippen molar-refractivity contribution in [3.05, 3.63) is 106 Å². The van der Waals surface area contributed by atoms with Gasteiger partial charge in [-0.1, -0.05) is 45.0 Å². The van der Waals surface area contributed by atoms with Gasteiger partial charge in [-0.05, 0) is 91.6 Å². The second-order valence-corrected chi connectivity index (χ2v) is 15.7. The minimum absolute atomic E-state index is 0.00961. The quantitative estimate of drug-likeness (QED) is 0.0707. The third kappa shape index (κ3) is 10.1. The molecule has 3 aromatic carbocycles. The lowest BCUT2D eigenvalue weighted by molar-refractivity contribution is -0.114. The van der Waals surface area contributed by atoms with Crippen molar-refractivity contribution in [3.8, 4) is 11.5 Å². The molecule has 1 aromatic heterocycles. The van der Waals surface area contributed by atoms with E-state index in [0.717, 1.165) is 34.6 Å². The maximum atomic E-state index is 13.7. The number of fused-ring (bicyclic) bond motifs is 1. The van der Waals surface area contributed by atoms with Crippen molar-refractivity contribution in [1.82, 2.24) is 5.32 Å². The minimum atomic E-state index is -0.561. The number of hydrogen-bond acceptors (Lipinski definition) is 9. The van der Waals surface area contributed by atoms with Crippen LogP contribution in [0.1, 0.15) is 70.8 Å². The summed E-state index contributed by atoms with van der Waals surface area (Å²) in [7, 11) is 3.05. The van der Waals surface area contributed by atoms with Crippen LogP contribution in [-0.2, 0) is 27.2 Å². The first kappa shape index (κ1) is 39.1. The molecule has 0 saturated carbocycles. The number of thioether (sulfide) groups is 1. The molecule has 0 fully saturated rings. The van der Waals surface area contributed by atoms with Crippen LogP contribution in [0.15, 0.2) is 83.4 Å². The van der Waals surface area contributed by atoms with Gasteiger partial charge in [0.1, 0.15) is 22.2 Å². The lowest BCUT2D eigenvalue weighted by Gasteiger charge is -2.33. The lowest BCUT2D eigenvalue weighted by atomic mass is 9.72. The fourth-order valence-electron chi connectivity index (χ4n) is 6.04. The molecule has 3 N–H and O–H groups in total. The summed E-state index contributed by atoms with van der Waals surface area (Å²) < 4.78 is 16.2. The number of ether oxygens (including phenoxy) is 3. The topological polar surface area (TPSA) is 132 Å². The van der Waals surface area contributed by atoms with Gasteiger partial charge in [0.05, 0.1) is 32.1 Å². The Morgan fingerprint density at radius 1 is 0.943 bits per heavy atom. The maximum absolute atomic E-state index is 13.7. The molecule has 12 heteroatoms.